The van der Waals surface area contributed by atoms with Crippen molar-refractivity contribution in [3.05, 3.63) is 11.3 Å². The molecule has 1 saturated heterocycles. The number of nitrogens with two attached hydrogens (primary N) is 1. The lowest BCUT2D eigenvalue weighted by atomic mass is 10.4. The van der Waals surface area contributed by atoms with Crippen molar-refractivity contribution in [1.29, 1.82) is 0 Å². The van der Waals surface area contributed by atoms with E-state index in [0.717, 1.165) is 31.0 Å². The van der Waals surface area contributed by atoms with Crippen LogP contribution in [0.1, 0.15) is 19.8 Å². The van der Waals surface area contributed by atoms with Crippen LogP contribution in [0.4, 0.5) is 17.6 Å². The van der Waals surface area contributed by atoms with Gasteiger partial charge in [0.2, 0.25) is 5.82 Å². The van der Waals surface area contributed by atoms with Crippen molar-refractivity contribution in [2.75, 3.05) is 35.4 Å². The molecule has 1 aliphatic heterocycles. The van der Waals surface area contributed by atoms with E-state index in [-0.39, 0.29) is 18.4 Å². The Morgan fingerprint density at radius 2 is 2.32 bits per heavy atom. The molecule has 0 bridgehead atoms. The Morgan fingerprint density at radius 1 is 1.63 bits per heavy atom. The van der Waals surface area contributed by atoms with Gasteiger partial charge >= 0.3 is 5.95 Å². The van der Waals surface area contributed by atoms with Gasteiger partial charge in [-0.05, 0) is 19.8 Å². The Bertz CT molecular complexity index is 462. The summed E-state index contributed by atoms with van der Waals surface area (Å²) < 4.78 is 0.379. The number of amides is 1. The Labute approximate surface area is 110 Å². The van der Waals surface area contributed by atoms with Crippen molar-refractivity contribution in [3.63, 3.8) is 0 Å². The summed E-state index contributed by atoms with van der Waals surface area (Å²) in [5.41, 5.74) is 5.59. The minimum Gasteiger partial charge on any atom is -0.754 e. The van der Waals surface area contributed by atoms with Gasteiger partial charge in [0.1, 0.15) is 0 Å². The highest BCUT2D eigenvalue weighted by atomic mass is 16.7. The molecule has 104 valence electrons. The number of rotatable bonds is 5. The Hall–Kier alpha value is -2.09. The van der Waals surface area contributed by atoms with Gasteiger partial charge in [0.05, 0.1) is 12.7 Å². The van der Waals surface area contributed by atoms with E-state index < -0.39 is 0 Å². The van der Waals surface area contributed by atoms with Crippen molar-refractivity contribution >= 4 is 24.0 Å². The minimum absolute atomic E-state index is 0.0197. The lowest BCUT2D eigenvalue weighted by Crippen LogP contribution is -2.41. The zero-order valence-corrected chi connectivity index (χ0v) is 10.8. The second-order valence-electron chi connectivity index (χ2n) is 4.17. The number of anilines is 3. The summed E-state index contributed by atoms with van der Waals surface area (Å²) in [4.78, 5) is 22.1. The van der Waals surface area contributed by atoms with Gasteiger partial charge in [-0.3, -0.25) is 4.79 Å². The van der Waals surface area contributed by atoms with Crippen molar-refractivity contribution < 1.29 is 14.4 Å². The van der Waals surface area contributed by atoms with E-state index in [1.165, 1.54) is 6.07 Å². The fraction of sp³-hybridized carbons (Fsp3) is 0.545. The highest BCUT2D eigenvalue weighted by Crippen LogP contribution is 2.21. The van der Waals surface area contributed by atoms with Gasteiger partial charge in [-0.15, -0.1) is 5.06 Å². The van der Waals surface area contributed by atoms with Crippen LogP contribution in [0.3, 0.4) is 0 Å². The summed E-state index contributed by atoms with van der Waals surface area (Å²) in [6, 6.07) is 1.51. The SMILES string of the molecule is CCON(C=O)c1cc(N2CCCC2)nc(N)[n+]1[O-]. The smallest absolute Gasteiger partial charge is 0.346 e. The number of carbonyl (C=O) groups excluding carboxylic acids is 1. The van der Waals surface area contributed by atoms with E-state index in [1.807, 2.05) is 4.90 Å². The summed E-state index contributed by atoms with van der Waals surface area (Å²) in [5.74, 6) is 0.404. The standard InChI is InChI=1S/C11H17N5O3/c1-2-19-15(8-17)10-7-9(13-11(12)16(10)18)14-5-3-4-6-14/h7-8H,2-6H2,1H3,(H2,12,13). The molecule has 8 nitrogen and oxygen atoms in total. The van der Waals surface area contributed by atoms with Crippen molar-refractivity contribution in [2.45, 2.75) is 19.8 Å². The van der Waals surface area contributed by atoms with Crippen molar-refractivity contribution in [2.24, 2.45) is 0 Å². The van der Waals surface area contributed by atoms with Gasteiger partial charge < -0.3 is 15.8 Å². The van der Waals surface area contributed by atoms with Crippen LogP contribution in [0.25, 0.3) is 0 Å². The summed E-state index contributed by atoms with van der Waals surface area (Å²) in [6.07, 6.45) is 2.58. The largest absolute Gasteiger partial charge is 0.754 e. The third-order valence-electron chi connectivity index (χ3n) is 2.92. The average molecular weight is 267 g/mol. The predicted molar refractivity (Wildman–Crippen MR) is 69.2 cm³/mol. The molecule has 1 fully saturated rings. The van der Waals surface area contributed by atoms with Crippen LogP contribution < -0.4 is 20.4 Å². The first-order valence-corrected chi connectivity index (χ1v) is 6.19. The van der Waals surface area contributed by atoms with Gasteiger partial charge in [-0.1, -0.05) is 4.98 Å². The molecule has 0 atom stereocenters. The first kappa shape index (κ1) is 13.3. The molecule has 1 aromatic heterocycles. The van der Waals surface area contributed by atoms with Gasteiger partial charge in [0, 0.05) is 13.1 Å². The van der Waals surface area contributed by atoms with Crippen LogP contribution in [0.5, 0.6) is 0 Å². The summed E-state index contributed by atoms with van der Waals surface area (Å²) >= 11 is 0. The second-order valence-corrected chi connectivity index (χ2v) is 4.17. The van der Waals surface area contributed by atoms with Gasteiger partial charge in [-0.25, -0.2) is 9.57 Å². The van der Waals surface area contributed by atoms with Crippen LogP contribution in [-0.2, 0) is 9.63 Å². The topological polar surface area (TPSA) is 98.6 Å². The monoisotopic (exact) mass is 267 g/mol. The molecule has 0 unspecified atom stereocenters. The normalized spacial score (nSPS) is 14.7. The highest BCUT2D eigenvalue weighted by molar-refractivity contribution is 5.70. The molecule has 0 aromatic carbocycles. The minimum atomic E-state index is -0.203. The summed E-state index contributed by atoms with van der Waals surface area (Å²) in [5, 5.41) is 12.7. The molecule has 1 amide bonds. The fourth-order valence-corrected chi connectivity index (χ4v) is 2.04. The molecule has 19 heavy (non-hydrogen) atoms. The lowest BCUT2D eigenvalue weighted by Gasteiger charge is -2.21. The van der Waals surface area contributed by atoms with E-state index in [2.05, 4.69) is 4.98 Å². The Kier molecular flexibility index (Phi) is 4.00. The number of nitrogen functional groups attached to an aromatic ring is 1. The molecule has 2 rings (SSSR count). The third-order valence-corrected chi connectivity index (χ3v) is 2.92. The van der Waals surface area contributed by atoms with Crippen LogP contribution in [-0.4, -0.2) is 31.1 Å². The van der Waals surface area contributed by atoms with Gasteiger partial charge in [0.15, 0.2) is 5.82 Å². The maximum atomic E-state index is 11.8. The molecule has 0 spiro atoms. The quantitative estimate of drug-likeness (QED) is 0.343. The fourth-order valence-electron chi connectivity index (χ4n) is 2.04. The highest BCUT2D eigenvalue weighted by Gasteiger charge is 2.22. The van der Waals surface area contributed by atoms with E-state index in [9.17, 15) is 10.0 Å². The molecule has 1 aliphatic rings. The zero-order valence-electron chi connectivity index (χ0n) is 10.8. The molecule has 2 heterocycles. The maximum absolute atomic E-state index is 11.8. The first-order chi connectivity index (χ1) is 9.17. The number of nitrogens with zero attached hydrogens (tertiary/aromatic N) is 4. The van der Waals surface area contributed by atoms with Crippen LogP contribution in [0.15, 0.2) is 6.07 Å². The van der Waals surface area contributed by atoms with Crippen molar-refractivity contribution in [3.8, 4) is 0 Å². The molecule has 2 N–H and O–H groups in total. The number of hydrogen-bond acceptors (Lipinski definition) is 6. The first-order valence-electron chi connectivity index (χ1n) is 6.19. The number of hydroxylamine groups is 1. The molecular weight excluding hydrogens is 250 g/mol. The lowest BCUT2D eigenvalue weighted by molar-refractivity contribution is -0.580. The number of carbonyl (C=O) groups is 1. The maximum Gasteiger partial charge on any atom is 0.346 e. The van der Waals surface area contributed by atoms with E-state index in [0.29, 0.717) is 17.0 Å². The van der Waals surface area contributed by atoms with Crippen LogP contribution >= 0.6 is 0 Å². The van der Waals surface area contributed by atoms with E-state index in [4.69, 9.17) is 10.6 Å². The molecular formula is C11H17N5O3. The third kappa shape index (κ3) is 2.68. The van der Waals surface area contributed by atoms with Crippen molar-refractivity contribution in [1.82, 2.24) is 4.98 Å². The predicted octanol–water partition coefficient (Wildman–Crippen LogP) is -0.188. The molecule has 8 heteroatoms. The summed E-state index contributed by atoms with van der Waals surface area (Å²) in [7, 11) is 0. The second kappa shape index (κ2) is 5.70. The Morgan fingerprint density at radius 3 is 2.89 bits per heavy atom. The van der Waals surface area contributed by atoms with Gasteiger partial charge in [0.25, 0.3) is 6.41 Å². The number of aromatic nitrogens is 2. The summed E-state index contributed by atoms with van der Waals surface area (Å²) in [6.45, 7) is 3.71. The molecule has 0 aliphatic carbocycles. The number of hydrogen-bond donors (Lipinski definition) is 1. The molecule has 0 saturated carbocycles. The molecule has 0 radical (unpaired) electrons. The average Bonchev–Trinajstić information content (AvgIpc) is 2.93. The van der Waals surface area contributed by atoms with Crippen LogP contribution in [0.2, 0.25) is 0 Å². The van der Waals surface area contributed by atoms with Gasteiger partial charge in [-0.2, -0.15) is 0 Å². The van der Waals surface area contributed by atoms with E-state index >= 15 is 0 Å². The van der Waals surface area contributed by atoms with Crippen LogP contribution in [0, 0.1) is 5.21 Å². The Balaban J connectivity index is 2.37. The van der Waals surface area contributed by atoms with E-state index in [1.54, 1.807) is 6.92 Å². The molecule has 1 aromatic rings. The zero-order chi connectivity index (χ0) is 13.8.